The maximum absolute atomic E-state index is 12.4. The van der Waals surface area contributed by atoms with Crippen molar-refractivity contribution >= 4 is 27.0 Å². The van der Waals surface area contributed by atoms with Gasteiger partial charge in [-0.05, 0) is 90.8 Å². The maximum Gasteiger partial charge on any atom is 0.271 e. The fourth-order valence-corrected chi connectivity index (χ4v) is 8.03. The van der Waals surface area contributed by atoms with E-state index < -0.39 is 10.0 Å². The fourth-order valence-electron chi connectivity index (χ4n) is 5.98. The highest BCUT2D eigenvalue weighted by molar-refractivity contribution is 7.94. The molecule has 1 aromatic heterocycles. The Hall–Kier alpha value is -1.33. The van der Waals surface area contributed by atoms with E-state index in [9.17, 15) is 8.42 Å². The molecule has 25 heavy (non-hydrogen) atoms. The van der Waals surface area contributed by atoms with E-state index in [2.05, 4.69) is 16.9 Å². The Morgan fingerprint density at radius 2 is 1.52 bits per heavy atom. The number of nitrogens with one attached hydrogen (secondary N) is 1. The summed E-state index contributed by atoms with van der Waals surface area (Å²) in [6.45, 7) is 0. The molecule has 3 nitrogen and oxygen atoms in total. The van der Waals surface area contributed by atoms with Crippen molar-refractivity contribution < 1.29 is 8.42 Å². The first-order valence-corrected chi connectivity index (χ1v) is 11.6. The van der Waals surface area contributed by atoms with Gasteiger partial charge in [0.2, 0.25) is 0 Å². The largest absolute Gasteiger partial charge is 0.279 e. The number of anilines is 1. The van der Waals surface area contributed by atoms with Gasteiger partial charge >= 0.3 is 0 Å². The van der Waals surface area contributed by atoms with Crippen molar-refractivity contribution in [2.45, 2.75) is 48.1 Å². The highest BCUT2D eigenvalue weighted by atomic mass is 32.2. The third-order valence-corrected chi connectivity index (χ3v) is 9.33. The Kier molecular flexibility index (Phi) is 3.55. The Morgan fingerprint density at radius 3 is 2.04 bits per heavy atom. The average Bonchev–Trinajstić information content (AvgIpc) is 3.09. The third-order valence-electron chi connectivity index (χ3n) is 6.55. The minimum absolute atomic E-state index is 0.359. The van der Waals surface area contributed by atoms with Crippen LogP contribution in [0, 0.1) is 17.8 Å². The normalized spacial score (nSPS) is 33.5. The molecule has 2 aromatic rings. The zero-order valence-corrected chi connectivity index (χ0v) is 15.8. The van der Waals surface area contributed by atoms with Crippen LogP contribution in [0.5, 0.6) is 0 Å². The van der Waals surface area contributed by atoms with Crippen LogP contribution in [0.2, 0.25) is 0 Å². The van der Waals surface area contributed by atoms with Crippen molar-refractivity contribution in [2.75, 3.05) is 4.72 Å². The molecule has 1 heterocycles. The summed E-state index contributed by atoms with van der Waals surface area (Å²) in [7, 11) is -3.46. The molecule has 4 bridgehead atoms. The summed E-state index contributed by atoms with van der Waals surface area (Å²) in [6, 6.07) is 11.6. The number of benzene rings is 1. The standard InChI is InChI=1S/C20H23NO2S2/c22-25(23,19-2-1-7-24-19)21-18-5-3-17(4-6-18)20-11-14-8-15(12-20)10-16(9-14)13-20/h1-7,14-16,21H,8-13H2. The number of sulfonamides is 1. The second-order valence-corrected chi connectivity index (χ2v) is 11.2. The summed E-state index contributed by atoms with van der Waals surface area (Å²) in [5, 5.41) is 1.78. The van der Waals surface area contributed by atoms with Gasteiger partial charge in [-0.25, -0.2) is 8.42 Å². The van der Waals surface area contributed by atoms with Crippen LogP contribution >= 0.6 is 11.3 Å². The zero-order valence-electron chi connectivity index (χ0n) is 14.1. The SMILES string of the molecule is O=S(=O)(Nc1ccc(C23CC4CC(CC(C4)C2)C3)cc1)c1cccs1. The molecule has 0 spiro atoms. The second-order valence-electron chi connectivity index (χ2n) is 8.31. The van der Waals surface area contributed by atoms with E-state index in [4.69, 9.17) is 0 Å². The molecule has 5 heteroatoms. The number of rotatable bonds is 4. The van der Waals surface area contributed by atoms with Crippen molar-refractivity contribution in [3.05, 3.63) is 47.3 Å². The first-order chi connectivity index (χ1) is 12.0. The Bertz CT molecular complexity index is 834. The molecule has 0 aliphatic heterocycles. The van der Waals surface area contributed by atoms with E-state index in [1.807, 2.05) is 12.1 Å². The van der Waals surface area contributed by atoms with Crippen LogP contribution in [0.25, 0.3) is 0 Å². The van der Waals surface area contributed by atoms with Crippen LogP contribution in [0.1, 0.15) is 44.1 Å². The van der Waals surface area contributed by atoms with Crippen LogP contribution in [0.15, 0.2) is 46.0 Å². The number of hydrogen-bond acceptors (Lipinski definition) is 3. The van der Waals surface area contributed by atoms with Crippen molar-refractivity contribution in [3.63, 3.8) is 0 Å². The maximum atomic E-state index is 12.4. The summed E-state index contributed by atoms with van der Waals surface area (Å²) in [6.07, 6.45) is 8.33. The third kappa shape index (κ3) is 2.72. The van der Waals surface area contributed by atoms with Crippen LogP contribution in [-0.4, -0.2) is 8.42 Å². The van der Waals surface area contributed by atoms with Crippen molar-refractivity contribution in [1.82, 2.24) is 0 Å². The topological polar surface area (TPSA) is 46.2 Å². The fraction of sp³-hybridized carbons (Fsp3) is 0.500. The van der Waals surface area contributed by atoms with Gasteiger partial charge < -0.3 is 0 Å². The van der Waals surface area contributed by atoms with Gasteiger partial charge in [-0.15, -0.1) is 11.3 Å². The van der Waals surface area contributed by atoms with Crippen molar-refractivity contribution in [1.29, 1.82) is 0 Å². The van der Waals surface area contributed by atoms with Gasteiger partial charge in [-0.1, -0.05) is 18.2 Å². The average molecular weight is 374 g/mol. The Balaban J connectivity index is 1.39. The van der Waals surface area contributed by atoms with E-state index in [0.29, 0.717) is 15.3 Å². The van der Waals surface area contributed by atoms with E-state index in [-0.39, 0.29) is 0 Å². The molecule has 0 unspecified atom stereocenters. The van der Waals surface area contributed by atoms with Crippen LogP contribution in [-0.2, 0) is 15.4 Å². The first-order valence-electron chi connectivity index (χ1n) is 9.19. The molecule has 0 atom stereocenters. The molecule has 132 valence electrons. The minimum atomic E-state index is -3.46. The second kappa shape index (κ2) is 5.58. The lowest BCUT2D eigenvalue weighted by molar-refractivity contribution is -0.00518. The Labute approximate surface area is 153 Å². The quantitative estimate of drug-likeness (QED) is 0.818. The molecule has 4 saturated carbocycles. The summed E-state index contributed by atoms with van der Waals surface area (Å²) in [5.74, 6) is 2.76. The molecule has 4 aliphatic rings. The summed E-state index contributed by atoms with van der Waals surface area (Å²) in [4.78, 5) is 0. The van der Waals surface area contributed by atoms with Crippen molar-refractivity contribution in [2.24, 2.45) is 17.8 Å². The van der Waals surface area contributed by atoms with Gasteiger partial charge in [0.05, 0.1) is 0 Å². The highest BCUT2D eigenvalue weighted by Crippen LogP contribution is 2.60. The minimum Gasteiger partial charge on any atom is -0.279 e. The predicted octanol–water partition coefficient (Wildman–Crippen LogP) is 5.02. The molecule has 0 saturated heterocycles. The van der Waals surface area contributed by atoms with Gasteiger partial charge in [-0.2, -0.15) is 0 Å². The molecule has 0 amide bonds. The van der Waals surface area contributed by atoms with Gasteiger partial charge in [0.15, 0.2) is 0 Å². The monoisotopic (exact) mass is 373 g/mol. The van der Waals surface area contributed by atoms with E-state index in [1.54, 1.807) is 17.5 Å². The van der Waals surface area contributed by atoms with Crippen LogP contribution < -0.4 is 4.72 Å². The molecule has 1 aromatic carbocycles. The summed E-state index contributed by atoms with van der Waals surface area (Å²) >= 11 is 1.24. The van der Waals surface area contributed by atoms with Crippen LogP contribution in [0.3, 0.4) is 0 Å². The Morgan fingerprint density at radius 1 is 0.920 bits per heavy atom. The molecular formula is C20H23NO2S2. The van der Waals surface area contributed by atoms with E-state index >= 15 is 0 Å². The van der Waals surface area contributed by atoms with Gasteiger partial charge in [0, 0.05) is 5.69 Å². The molecule has 6 rings (SSSR count). The molecule has 4 aliphatic carbocycles. The van der Waals surface area contributed by atoms with E-state index in [1.165, 1.54) is 55.4 Å². The summed E-state index contributed by atoms with van der Waals surface area (Å²) < 4.78 is 27.8. The first kappa shape index (κ1) is 15.9. The lowest BCUT2D eigenvalue weighted by atomic mass is 9.48. The van der Waals surface area contributed by atoms with Gasteiger partial charge in [-0.3, -0.25) is 4.72 Å². The van der Waals surface area contributed by atoms with Gasteiger partial charge in [0.25, 0.3) is 10.0 Å². The zero-order chi connectivity index (χ0) is 17.1. The smallest absolute Gasteiger partial charge is 0.271 e. The summed E-state index contributed by atoms with van der Waals surface area (Å²) in [5.41, 5.74) is 2.44. The van der Waals surface area contributed by atoms with E-state index in [0.717, 1.165) is 17.8 Å². The van der Waals surface area contributed by atoms with Crippen molar-refractivity contribution in [3.8, 4) is 0 Å². The van der Waals surface area contributed by atoms with Crippen LogP contribution in [0.4, 0.5) is 5.69 Å². The van der Waals surface area contributed by atoms with Gasteiger partial charge in [0.1, 0.15) is 4.21 Å². The highest BCUT2D eigenvalue weighted by Gasteiger charge is 2.51. The number of hydrogen-bond donors (Lipinski definition) is 1. The molecular weight excluding hydrogens is 350 g/mol. The lowest BCUT2D eigenvalue weighted by Gasteiger charge is -2.57. The predicted molar refractivity (Wildman–Crippen MR) is 101 cm³/mol. The molecule has 1 N–H and O–H groups in total. The molecule has 0 radical (unpaired) electrons. The number of thiophene rings is 1. The lowest BCUT2D eigenvalue weighted by Crippen LogP contribution is -2.48. The molecule has 4 fully saturated rings.